The Morgan fingerprint density at radius 3 is 2.46 bits per heavy atom. The minimum atomic E-state index is 0.735. The molecule has 3 heteroatoms. The average molecular weight is 195 g/mol. The second-order valence-electron chi connectivity index (χ2n) is 2.93. The van der Waals surface area contributed by atoms with Crippen molar-refractivity contribution < 1.29 is 4.74 Å². The van der Waals surface area contributed by atoms with E-state index in [9.17, 15) is 0 Å². The Bertz CT molecular complexity index is 269. The first-order valence-electron chi connectivity index (χ1n) is 4.45. The third kappa shape index (κ3) is 1.91. The Morgan fingerprint density at radius 1 is 1.31 bits per heavy atom. The number of rotatable bonds is 3. The first kappa shape index (κ1) is 8.75. The van der Waals surface area contributed by atoms with Gasteiger partial charge in [0.25, 0.3) is 0 Å². The third-order valence-corrected chi connectivity index (χ3v) is 3.00. The molecule has 0 bridgehead atoms. The van der Waals surface area contributed by atoms with E-state index in [0.717, 1.165) is 24.1 Å². The van der Waals surface area contributed by atoms with Crippen LogP contribution in [0.25, 0.3) is 0 Å². The van der Waals surface area contributed by atoms with Gasteiger partial charge < -0.3 is 9.64 Å². The third-order valence-electron chi connectivity index (χ3n) is 2.01. The van der Waals surface area contributed by atoms with Crippen LogP contribution >= 0.6 is 11.8 Å². The lowest BCUT2D eigenvalue weighted by atomic mass is 10.3. The normalized spacial score (nSPS) is 15.3. The van der Waals surface area contributed by atoms with Crippen LogP contribution < -0.4 is 9.64 Å². The molecule has 1 aliphatic heterocycles. The SMILES string of the molecule is CCOc1ccc(N2CSC2)cc1. The van der Waals surface area contributed by atoms with Crippen molar-refractivity contribution in [2.45, 2.75) is 6.92 Å². The molecule has 1 aromatic carbocycles. The monoisotopic (exact) mass is 195 g/mol. The van der Waals surface area contributed by atoms with Gasteiger partial charge in [-0.3, -0.25) is 0 Å². The molecule has 0 aromatic heterocycles. The van der Waals surface area contributed by atoms with Crippen LogP contribution in [0.3, 0.4) is 0 Å². The van der Waals surface area contributed by atoms with E-state index in [1.54, 1.807) is 0 Å². The van der Waals surface area contributed by atoms with Gasteiger partial charge in [-0.15, -0.1) is 11.8 Å². The summed E-state index contributed by atoms with van der Waals surface area (Å²) in [6.45, 7) is 2.74. The van der Waals surface area contributed by atoms with E-state index in [1.807, 2.05) is 30.8 Å². The quantitative estimate of drug-likeness (QED) is 0.735. The molecule has 0 spiro atoms. The van der Waals surface area contributed by atoms with Crippen LogP contribution in [0, 0.1) is 0 Å². The Labute approximate surface area is 82.9 Å². The molecule has 2 nitrogen and oxygen atoms in total. The number of benzene rings is 1. The number of ether oxygens (including phenoxy) is 1. The highest BCUT2D eigenvalue weighted by Gasteiger charge is 2.14. The maximum Gasteiger partial charge on any atom is 0.119 e. The topological polar surface area (TPSA) is 12.5 Å². The second-order valence-corrected chi connectivity index (χ2v) is 3.85. The molecular weight excluding hydrogens is 182 g/mol. The first-order chi connectivity index (χ1) is 6.40. The fourth-order valence-corrected chi connectivity index (χ4v) is 1.91. The highest BCUT2D eigenvalue weighted by atomic mass is 32.2. The summed E-state index contributed by atoms with van der Waals surface area (Å²) in [5.41, 5.74) is 1.29. The average Bonchev–Trinajstić information content (AvgIpc) is 2.06. The molecule has 0 atom stereocenters. The molecule has 0 saturated carbocycles. The van der Waals surface area contributed by atoms with Gasteiger partial charge in [0.2, 0.25) is 0 Å². The van der Waals surface area contributed by atoms with Gasteiger partial charge in [-0.1, -0.05) is 0 Å². The summed E-state index contributed by atoms with van der Waals surface area (Å²) < 4.78 is 5.37. The molecule has 2 rings (SSSR count). The van der Waals surface area contributed by atoms with Crippen LogP contribution in [-0.2, 0) is 0 Å². The molecule has 0 radical (unpaired) electrons. The van der Waals surface area contributed by atoms with Gasteiger partial charge in [-0.25, -0.2) is 0 Å². The van der Waals surface area contributed by atoms with Gasteiger partial charge in [0.05, 0.1) is 18.4 Å². The van der Waals surface area contributed by atoms with Crippen LogP contribution in [-0.4, -0.2) is 18.4 Å². The zero-order valence-electron chi connectivity index (χ0n) is 7.69. The number of nitrogens with zero attached hydrogens (tertiary/aromatic N) is 1. The fourth-order valence-electron chi connectivity index (χ4n) is 1.25. The molecule has 1 fully saturated rings. The maximum absolute atomic E-state index is 5.37. The summed E-state index contributed by atoms with van der Waals surface area (Å²) in [5, 5.41) is 0. The lowest BCUT2D eigenvalue weighted by Crippen LogP contribution is -2.31. The first-order valence-corrected chi connectivity index (χ1v) is 5.61. The summed E-state index contributed by atoms with van der Waals surface area (Å²) in [5.74, 6) is 3.20. The van der Waals surface area contributed by atoms with Crippen LogP contribution in [0.4, 0.5) is 5.69 Å². The number of thioether (sulfide) groups is 1. The molecule has 1 saturated heterocycles. The van der Waals surface area contributed by atoms with Crippen molar-refractivity contribution in [2.24, 2.45) is 0 Å². The predicted molar refractivity (Wildman–Crippen MR) is 57.4 cm³/mol. The summed E-state index contributed by atoms with van der Waals surface area (Å²) in [7, 11) is 0. The molecule has 1 aromatic rings. The van der Waals surface area contributed by atoms with Crippen molar-refractivity contribution in [1.29, 1.82) is 0 Å². The Hall–Kier alpha value is -0.830. The molecule has 0 aliphatic carbocycles. The van der Waals surface area contributed by atoms with Crippen LogP contribution in [0.15, 0.2) is 24.3 Å². The molecule has 0 amide bonds. The molecule has 0 unspecified atom stereocenters. The van der Waals surface area contributed by atoms with E-state index < -0.39 is 0 Å². The van der Waals surface area contributed by atoms with Crippen molar-refractivity contribution in [3.05, 3.63) is 24.3 Å². The lowest BCUT2D eigenvalue weighted by Gasteiger charge is -2.32. The molecule has 13 heavy (non-hydrogen) atoms. The van der Waals surface area contributed by atoms with Gasteiger partial charge in [-0.2, -0.15) is 0 Å². The fraction of sp³-hybridized carbons (Fsp3) is 0.400. The smallest absolute Gasteiger partial charge is 0.119 e. The summed E-state index contributed by atoms with van der Waals surface area (Å²) in [4.78, 5) is 2.33. The summed E-state index contributed by atoms with van der Waals surface area (Å²) in [6, 6.07) is 8.29. The Kier molecular flexibility index (Phi) is 2.64. The Balaban J connectivity index is 2.04. The van der Waals surface area contributed by atoms with Crippen molar-refractivity contribution in [2.75, 3.05) is 23.3 Å². The number of anilines is 1. The molecule has 1 heterocycles. The second kappa shape index (κ2) is 3.92. The summed E-state index contributed by atoms with van der Waals surface area (Å²) >= 11 is 1.95. The van der Waals surface area contributed by atoms with Gasteiger partial charge in [0.1, 0.15) is 5.75 Å². The zero-order chi connectivity index (χ0) is 9.10. The van der Waals surface area contributed by atoms with Crippen molar-refractivity contribution in [3.8, 4) is 5.75 Å². The minimum Gasteiger partial charge on any atom is -0.494 e. The molecule has 1 aliphatic rings. The van der Waals surface area contributed by atoms with Gasteiger partial charge >= 0.3 is 0 Å². The van der Waals surface area contributed by atoms with Gasteiger partial charge in [0.15, 0.2) is 0 Å². The molecular formula is C10H13NOS. The van der Waals surface area contributed by atoms with Crippen LogP contribution in [0.2, 0.25) is 0 Å². The lowest BCUT2D eigenvalue weighted by molar-refractivity contribution is 0.340. The Morgan fingerprint density at radius 2 is 2.00 bits per heavy atom. The van der Waals surface area contributed by atoms with Crippen LogP contribution in [0.1, 0.15) is 6.92 Å². The van der Waals surface area contributed by atoms with Gasteiger partial charge in [-0.05, 0) is 31.2 Å². The van der Waals surface area contributed by atoms with Crippen molar-refractivity contribution >= 4 is 17.4 Å². The number of hydrogen-bond donors (Lipinski definition) is 0. The molecule has 0 N–H and O–H groups in total. The largest absolute Gasteiger partial charge is 0.494 e. The highest BCUT2D eigenvalue weighted by molar-refractivity contribution is 8.00. The highest BCUT2D eigenvalue weighted by Crippen LogP contribution is 2.28. The van der Waals surface area contributed by atoms with E-state index in [-0.39, 0.29) is 0 Å². The van der Waals surface area contributed by atoms with Crippen molar-refractivity contribution in [1.82, 2.24) is 0 Å². The predicted octanol–water partition coefficient (Wildman–Crippen LogP) is 2.55. The van der Waals surface area contributed by atoms with E-state index in [4.69, 9.17) is 4.74 Å². The minimum absolute atomic E-state index is 0.735. The van der Waals surface area contributed by atoms with Gasteiger partial charge in [0, 0.05) is 5.69 Å². The summed E-state index contributed by atoms with van der Waals surface area (Å²) in [6.07, 6.45) is 0. The van der Waals surface area contributed by atoms with E-state index >= 15 is 0 Å². The van der Waals surface area contributed by atoms with Crippen LogP contribution in [0.5, 0.6) is 5.75 Å². The van der Waals surface area contributed by atoms with E-state index in [1.165, 1.54) is 5.69 Å². The number of hydrogen-bond acceptors (Lipinski definition) is 3. The standard InChI is InChI=1S/C10H13NOS/c1-2-12-10-5-3-9(4-6-10)11-7-13-8-11/h3-6H,2,7-8H2,1H3. The van der Waals surface area contributed by atoms with Crippen molar-refractivity contribution in [3.63, 3.8) is 0 Å². The van der Waals surface area contributed by atoms with E-state index in [0.29, 0.717) is 0 Å². The zero-order valence-corrected chi connectivity index (χ0v) is 8.51. The molecule has 70 valence electrons. The maximum atomic E-state index is 5.37. The van der Waals surface area contributed by atoms with E-state index in [2.05, 4.69) is 17.0 Å².